The molecular weight excluding hydrogens is 334 g/mol. The van der Waals surface area contributed by atoms with Gasteiger partial charge < -0.3 is 18.6 Å². The number of esters is 1. The van der Waals surface area contributed by atoms with Crippen LogP contribution in [-0.4, -0.2) is 25.2 Å². The summed E-state index contributed by atoms with van der Waals surface area (Å²) in [5.74, 6) is 1.99. The first-order chi connectivity index (χ1) is 12.6. The van der Waals surface area contributed by atoms with E-state index in [9.17, 15) is 4.79 Å². The van der Waals surface area contributed by atoms with Gasteiger partial charge in [-0.25, -0.2) is 9.78 Å². The monoisotopic (exact) mass is 353 g/mol. The fourth-order valence-electron chi connectivity index (χ4n) is 2.42. The van der Waals surface area contributed by atoms with Gasteiger partial charge in [-0.05, 0) is 43.3 Å². The third-order valence-electron chi connectivity index (χ3n) is 3.83. The van der Waals surface area contributed by atoms with Crippen LogP contribution < -0.4 is 9.47 Å². The minimum absolute atomic E-state index is 0.202. The third kappa shape index (κ3) is 3.85. The van der Waals surface area contributed by atoms with Crippen molar-refractivity contribution in [3.8, 4) is 23.0 Å². The van der Waals surface area contributed by atoms with E-state index in [1.807, 2.05) is 31.2 Å². The summed E-state index contributed by atoms with van der Waals surface area (Å²) in [7, 11) is 2.95. The van der Waals surface area contributed by atoms with Crippen LogP contribution in [0.15, 0.2) is 52.9 Å². The highest BCUT2D eigenvalue weighted by molar-refractivity contribution is 5.89. The molecule has 0 bridgehead atoms. The molecule has 26 heavy (non-hydrogen) atoms. The molecule has 0 N–H and O–H groups in total. The molecule has 0 unspecified atom stereocenters. The lowest BCUT2D eigenvalue weighted by Crippen LogP contribution is -2.02. The average Bonchev–Trinajstić information content (AvgIpc) is 3.06. The first-order valence-electron chi connectivity index (χ1n) is 8.02. The second-order valence-corrected chi connectivity index (χ2v) is 5.57. The summed E-state index contributed by atoms with van der Waals surface area (Å²) in [6.07, 6.45) is 0. The molecule has 3 aromatic rings. The number of methoxy groups -OCH3 is 2. The van der Waals surface area contributed by atoms with Gasteiger partial charge in [-0.1, -0.05) is 12.1 Å². The average molecular weight is 353 g/mol. The zero-order chi connectivity index (χ0) is 18.5. The maximum atomic E-state index is 11.6. The van der Waals surface area contributed by atoms with Crippen molar-refractivity contribution in [2.24, 2.45) is 0 Å². The number of carbonyl (C=O) groups is 1. The first kappa shape index (κ1) is 17.5. The van der Waals surface area contributed by atoms with Crippen molar-refractivity contribution in [1.82, 2.24) is 4.98 Å². The smallest absolute Gasteiger partial charge is 0.337 e. The van der Waals surface area contributed by atoms with E-state index < -0.39 is 5.97 Å². The van der Waals surface area contributed by atoms with E-state index in [-0.39, 0.29) is 6.61 Å². The van der Waals surface area contributed by atoms with Crippen LogP contribution in [0, 0.1) is 6.92 Å². The Labute approximate surface area is 151 Å². The zero-order valence-corrected chi connectivity index (χ0v) is 14.8. The highest BCUT2D eigenvalue weighted by Crippen LogP contribution is 2.26. The Balaban J connectivity index is 1.75. The van der Waals surface area contributed by atoms with Crippen molar-refractivity contribution in [2.45, 2.75) is 13.5 Å². The van der Waals surface area contributed by atoms with Crippen molar-refractivity contribution in [3.05, 3.63) is 65.5 Å². The summed E-state index contributed by atoms with van der Waals surface area (Å²) >= 11 is 0. The second-order valence-electron chi connectivity index (χ2n) is 5.57. The standard InChI is InChI=1S/C20H19NO5/c1-13-18(12-25-17-9-5-7-15(11-17)20(22)24-3)26-19(21-13)14-6-4-8-16(10-14)23-2/h4-11H,12H2,1-3H3. The van der Waals surface area contributed by atoms with Crippen molar-refractivity contribution in [2.75, 3.05) is 14.2 Å². The Morgan fingerprint density at radius 3 is 2.62 bits per heavy atom. The molecule has 0 aliphatic carbocycles. The molecule has 0 fully saturated rings. The maximum Gasteiger partial charge on any atom is 0.337 e. The van der Waals surface area contributed by atoms with Crippen molar-refractivity contribution < 1.29 is 23.4 Å². The number of rotatable bonds is 6. The Morgan fingerprint density at radius 2 is 1.85 bits per heavy atom. The number of ether oxygens (including phenoxy) is 3. The largest absolute Gasteiger partial charge is 0.497 e. The predicted octanol–water partition coefficient (Wildman–Crippen LogP) is 4.02. The highest BCUT2D eigenvalue weighted by atomic mass is 16.5. The first-order valence-corrected chi connectivity index (χ1v) is 8.02. The van der Waals surface area contributed by atoms with Gasteiger partial charge >= 0.3 is 5.97 Å². The molecule has 6 nitrogen and oxygen atoms in total. The van der Waals surface area contributed by atoms with Gasteiger partial charge in [0.1, 0.15) is 18.1 Å². The minimum atomic E-state index is -0.411. The lowest BCUT2D eigenvalue weighted by atomic mass is 10.2. The molecule has 1 aromatic heterocycles. The molecule has 1 heterocycles. The molecule has 0 saturated carbocycles. The summed E-state index contributed by atoms with van der Waals surface area (Å²) in [6.45, 7) is 2.06. The summed E-state index contributed by atoms with van der Waals surface area (Å²) < 4.78 is 21.5. The zero-order valence-electron chi connectivity index (χ0n) is 14.8. The molecule has 0 spiro atoms. The van der Waals surface area contributed by atoms with Crippen LogP contribution in [0.1, 0.15) is 21.8 Å². The van der Waals surface area contributed by atoms with E-state index in [2.05, 4.69) is 4.98 Å². The molecule has 6 heteroatoms. The van der Waals surface area contributed by atoms with Crippen LogP contribution in [0.3, 0.4) is 0 Å². The molecule has 0 saturated heterocycles. The van der Waals surface area contributed by atoms with Crippen molar-refractivity contribution in [1.29, 1.82) is 0 Å². The number of oxazole rings is 1. The van der Waals surface area contributed by atoms with Gasteiger partial charge in [0.15, 0.2) is 5.76 Å². The molecular formula is C20H19NO5. The van der Waals surface area contributed by atoms with Crippen LogP contribution in [0.25, 0.3) is 11.5 Å². The van der Waals surface area contributed by atoms with Crippen LogP contribution in [0.5, 0.6) is 11.5 Å². The number of hydrogen-bond donors (Lipinski definition) is 0. The quantitative estimate of drug-likeness (QED) is 0.623. The molecule has 0 radical (unpaired) electrons. The van der Waals surface area contributed by atoms with Gasteiger partial charge in [0.25, 0.3) is 0 Å². The van der Waals surface area contributed by atoms with Crippen LogP contribution in [0.2, 0.25) is 0 Å². The van der Waals surface area contributed by atoms with E-state index in [0.717, 1.165) is 17.0 Å². The summed E-state index contributed by atoms with van der Waals surface area (Å²) in [5.41, 5.74) is 2.00. The highest BCUT2D eigenvalue weighted by Gasteiger charge is 2.13. The number of nitrogens with zero attached hydrogens (tertiary/aromatic N) is 1. The van der Waals surface area contributed by atoms with Crippen LogP contribution >= 0.6 is 0 Å². The van der Waals surface area contributed by atoms with Gasteiger partial charge in [-0.3, -0.25) is 0 Å². The Bertz CT molecular complexity index is 916. The van der Waals surface area contributed by atoms with E-state index in [0.29, 0.717) is 23.0 Å². The lowest BCUT2D eigenvalue weighted by Gasteiger charge is -2.06. The molecule has 134 valence electrons. The van der Waals surface area contributed by atoms with Crippen molar-refractivity contribution in [3.63, 3.8) is 0 Å². The molecule has 0 aliphatic rings. The SMILES string of the molecule is COC(=O)c1cccc(OCc2oc(-c3cccc(OC)c3)nc2C)c1. The molecule has 0 amide bonds. The van der Waals surface area contributed by atoms with Gasteiger partial charge in [0.2, 0.25) is 5.89 Å². The minimum Gasteiger partial charge on any atom is -0.497 e. The topological polar surface area (TPSA) is 70.8 Å². The van der Waals surface area contributed by atoms with Gasteiger partial charge in [-0.2, -0.15) is 0 Å². The van der Waals surface area contributed by atoms with E-state index in [1.54, 1.807) is 31.4 Å². The summed E-state index contributed by atoms with van der Waals surface area (Å²) in [5, 5.41) is 0. The van der Waals surface area contributed by atoms with Crippen LogP contribution in [0.4, 0.5) is 0 Å². The molecule has 0 atom stereocenters. The van der Waals surface area contributed by atoms with Gasteiger partial charge in [-0.15, -0.1) is 0 Å². The van der Waals surface area contributed by atoms with Gasteiger partial charge in [0.05, 0.1) is 25.5 Å². The summed E-state index contributed by atoms with van der Waals surface area (Å²) in [6, 6.07) is 14.3. The fraction of sp³-hybridized carbons (Fsp3) is 0.200. The lowest BCUT2D eigenvalue weighted by molar-refractivity contribution is 0.0600. The van der Waals surface area contributed by atoms with E-state index in [4.69, 9.17) is 18.6 Å². The third-order valence-corrected chi connectivity index (χ3v) is 3.83. The van der Waals surface area contributed by atoms with E-state index >= 15 is 0 Å². The number of benzene rings is 2. The van der Waals surface area contributed by atoms with Crippen LogP contribution in [-0.2, 0) is 11.3 Å². The second kappa shape index (κ2) is 7.74. The Morgan fingerprint density at radius 1 is 1.08 bits per heavy atom. The number of aromatic nitrogens is 1. The number of carbonyl (C=O) groups excluding carboxylic acids is 1. The molecule has 0 aliphatic heterocycles. The van der Waals surface area contributed by atoms with Crippen molar-refractivity contribution >= 4 is 5.97 Å². The number of hydrogen-bond acceptors (Lipinski definition) is 6. The molecule has 2 aromatic carbocycles. The normalized spacial score (nSPS) is 10.4. The predicted molar refractivity (Wildman–Crippen MR) is 95.3 cm³/mol. The number of aryl methyl sites for hydroxylation is 1. The van der Waals surface area contributed by atoms with Gasteiger partial charge in [0, 0.05) is 5.56 Å². The summed E-state index contributed by atoms with van der Waals surface area (Å²) in [4.78, 5) is 16.0. The maximum absolute atomic E-state index is 11.6. The molecule has 3 rings (SSSR count). The Hall–Kier alpha value is -3.28. The Kier molecular flexibility index (Phi) is 5.22. The van der Waals surface area contributed by atoms with E-state index in [1.165, 1.54) is 7.11 Å². The fourth-order valence-corrected chi connectivity index (χ4v) is 2.42.